The predicted molar refractivity (Wildman–Crippen MR) is 125 cm³/mol. The molecule has 0 fully saturated rings. The van der Waals surface area contributed by atoms with Crippen LogP contribution in [0.15, 0.2) is 91.6 Å². The van der Waals surface area contributed by atoms with Crippen LogP contribution in [0.3, 0.4) is 0 Å². The highest BCUT2D eigenvalue weighted by Crippen LogP contribution is 2.26. The van der Waals surface area contributed by atoms with Gasteiger partial charge in [-0.2, -0.15) is 0 Å². The van der Waals surface area contributed by atoms with Gasteiger partial charge in [0.15, 0.2) is 0 Å². The number of nitrogens with zero attached hydrogens (tertiary/aromatic N) is 4. The second-order valence-corrected chi connectivity index (χ2v) is 7.42. The highest BCUT2D eigenvalue weighted by Gasteiger charge is 2.06. The summed E-state index contributed by atoms with van der Waals surface area (Å²) in [7, 11) is 0. The Labute approximate surface area is 180 Å². The Hall–Kier alpha value is -4.12. The van der Waals surface area contributed by atoms with Crippen LogP contribution in [0.25, 0.3) is 33.2 Å². The molecule has 150 valence electrons. The lowest BCUT2D eigenvalue weighted by Crippen LogP contribution is -2.02. The molecule has 5 rings (SSSR count). The molecule has 5 aromatic rings. The summed E-state index contributed by atoms with van der Waals surface area (Å²) in [5.41, 5.74) is 6.55. The molecule has 0 saturated carbocycles. The summed E-state index contributed by atoms with van der Waals surface area (Å²) < 4.78 is 0. The summed E-state index contributed by atoms with van der Waals surface area (Å²) in [6.07, 6.45) is 9.12. The van der Waals surface area contributed by atoms with Gasteiger partial charge < -0.3 is 5.32 Å². The van der Waals surface area contributed by atoms with E-state index < -0.39 is 0 Å². The van der Waals surface area contributed by atoms with E-state index in [1.165, 1.54) is 16.7 Å². The Morgan fingerprint density at radius 2 is 1.48 bits per heavy atom. The van der Waals surface area contributed by atoms with Crippen molar-refractivity contribution >= 4 is 16.6 Å². The second-order valence-electron chi connectivity index (χ2n) is 7.42. The summed E-state index contributed by atoms with van der Waals surface area (Å²) in [6.45, 7) is 2.70. The fraction of sp³-hybridized carbons (Fsp3) is 0.0769. The van der Waals surface area contributed by atoms with Gasteiger partial charge >= 0.3 is 0 Å². The van der Waals surface area contributed by atoms with Crippen LogP contribution >= 0.6 is 0 Å². The number of hydrogen-bond acceptors (Lipinski definition) is 5. The van der Waals surface area contributed by atoms with Crippen molar-refractivity contribution < 1.29 is 0 Å². The molecule has 0 aliphatic heterocycles. The molecule has 0 atom stereocenters. The smallest absolute Gasteiger partial charge is 0.135 e. The standard InChI is InChI=1S/C26H21N5/c1-18-14-22(8-12-28-18)20-4-2-19(3-5-20)16-31-26-24-17-30-25(15-23(24)9-13-29-26)21-6-10-27-11-7-21/h2-15,17H,16H2,1H3,(H,29,31). The van der Waals surface area contributed by atoms with Crippen molar-refractivity contribution in [1.29, 1.82) is 0 Å². The normalized spacial score (nSPS) is 10.9. The quantitative estimate of drug-likeness (QED) is 0.409. The summed E-state index contributed by atoms with van der Waals surface area (Å²) in [5, 5.41) is 5.56. The number of aryl methyl sites for hydroxylation is 1. The van der Waals surface area contributed by atoms with E-state index in [2.05, 4.69) is 61.7 Å². The zero-order chi connectivity index (χ0) is 21.0. The van der Waals surface area contributed by atoms with Gasteiger partial charge in [-0.3, -0.25) is 15.0 Å². The van der Waals surface area contributed by atoms with E-state index in [0.29, 0.717) is 6.54 Å². The number of hydrogen-bond donors (Lipinski definition) is 1. The van der Waals surface area contributed by atoms with E-state index >= 15 is 0 Å². The molecule has 0 saturated heterocycles. The average Bonchev–Trinajstić information content (AvgIpc) is 2.83. The van der Waals surface area contributed by atoms with Crippen LogP contribution < -0.4 is 5.32 Å². The number of rotatable bonds is 5. The summed E-state index contributed by atoms with van der Waals surface area (Å²) in [6, 6.07) is 20.7. The molecule has 31 heavy (non-hydrogen) atoms. The van der Waals surface area contributed by atoms with E-state index in [-0.39, 0.29) is 0 Å². The third-order valence-corrected chi connectivity index (χ3v) is 5.27. The molecule has 0 aliphatic carbocycles. The van der Waals surface area contributed by atoms with Gasteiger partial charge in [-0.25, -0.2) is 4.98 Å². The number of nitrogens with one attached hydrogen (secondary N) is 1. The SMILES string of the molecule is Cc1cc(-c2ccc(CNc3nccc4cc(-c5ccncc5)ncc34)cc2)ccn1. The molecule has 5 heteroatoms. The first-order chi connectivity index (χ1) is 15.3. The minimum atomic E-state index is 0.688. The highest BCUT2D eigenvalue weighted by atomic mass is 15.0. The molecule has 0 bridgehead atoms. The zero-order valence-electron chi connectivity index (χ0n) is 17.2. The Morgan fingerprint density at radius 1 is 0.710 bits per heavy atom. The van der Waals surface area contributed by atoms with Crippen molar-refractivity contribution in [3.8, 4) is 22.4 Å². The van der Waals surface area contributed by atoms with Crippen molar-refractivity contribution in [2.24, 2.45) is 0 Å². The van der Waals surface area contributed by atoms with Crippen molar-refractivity contribution in [1.82, 2.24) is 19.9 Å². The van der Waals surface area contributed by atoms with Crippen LogP contribution in [0.1, 0.15) is 11.3 Å². The maximum atomic E-state index is 4.63. The second kappa shape index (κ2) is 8.32. The van der Waals surface area contributed by atoms with E-state index in [0.717, 1.165) is 33.5 Å². The van der Waals surface area contributed by atoms with Crippen LogP contribution in [0.4, 0.5) is 5.82 Å². The molecular weight excluding hydrogens is 382 g/mol. The molecule has 4 heterocycles. The van der Waals surface area contributed by atoms with Gasteiger partial charge in [0.05, 0.1) is 5.69 Å². The van der Waals surface area contributed by atoms with E-state index in [9.17, 15) is 0 Å². The van der Waals surface area contributed by atoms with E-state index in [1.54, 1.807) is 12.4 Å². The number of benzene rings is 1. The number of fused-ring (bicyclic) bond motifs is 1. The molecule has 0 radical (unpaired) electrons. The molecule has 1 aromatic carbocycles. The lowest BCUT2D eigenvalue weighted by atomic mass is 10.0. The van der Waals surface area contributed by atoms with Crippen LogP contribution in [0.5, 0.6) is 0 Å². The molecular formula is C26H21N5. The number of pyridine rings is 4. The number of aromatic nitrogens is 4. The maximum absolute atomic E-state index is 4.63. The summed E-state index contributed by atoms with van der Waals surface area (Å²) >= 11 is 0. The Kier molecular flexibility index (Phi) is 5.07. The van der Waals surface area contributed by atoms with Gasteiger partial charge in [-0.1, -0.05) is 24.3 Å². The van der Waals surface area contributed by atoms with Crippen molar-refractivity contribution in [2.75, 3.05) is 5.32 Å². The third-order valence-electron chi connectivity index (χ3n) is 5.27. The van der Waals surface area contributed by atoms with Crippen molar-refractivity contribution in [3.63, 3.8) is 0 Å². The minimum absolute atomic E-state index is 0.688. The Bertz CT molecular complexity index is 1330. The van der Waals surface area contributed by atoms with Crippen LogP contribution in [-0.4, -0.2) is 19.9 Å². The minimum Gasteiger partial charge on any atom is -0.365 e. The van der Waals surface area contributed by atoms with Crippen molar-refractivity contribution in [2.45, 2.75) is 13.5 Å². The topological polar surface area (TPSA) is 63.6 Å². The highest BCUT2D eigenvalue weighted by molar-refractivity contribution is 5.93. The summed E-state index contributed by atoms with van der Waals surface area (Å²) in [4.78, 5) is 17.5. The van der Waals surface area contributed by atoms with Gasteiger partial charge in [0.2, 0.25) is 0 Å². The van der Waals surface area contributed by atoms with Crippen LogP contribution in [-0.2, 0) is 6.54 Å². The average molecular weight is 403 g/mol. The third kappa shape index (κ3) is 4.12. The van der Waals surface area contributed by atoms with Gasteiger partial charge in [0.25, 0.3) is 0 Å². The van der Waals surface area contributed by atoms with Gasteiger partial charge in [0.1, 0.15) is 5.82 Å². The molecule has 0 unspecified atom stereocenters. The molecule has 5 nitrogen and oxygen atoms in total. The first-order valence-corrected chi connectivity index (χ1v) is 10.2. The lowest BCUT2D eigenvalue weighted by molar-refractivity contribution is 1.12. The first-order valence-electron chi connectivity index (χ1n) is 10.2. The summed E-state index contributed by atoms with van der Waals surface area (Å²) in [5.74, 6) is 0.833. The van der Waals surface area contributed by atoms with Gasteiger partial charge in [0, 0.05) is 54.2 Å². The Morgan fingerprint density at radius 3 is 2.29 bits per heavy atom. The molecule has 0 spiro atoms. The van der Waals surface area contributed by atoms with Crippen molar-refractivity contribution in [3.05, 3.63) is 103 Å². The fourth-order valence-electron chi connectivity index (χ4n) is 3.62. The fourth-order valence-corrected chi connectivity index (χ4v) is 3.62. The largest absolute Gasteiger partial charge is 0.365 e. The molecule has 4 aromatic heterocycles. The van der Waals surface area contributed by atoms with Crippen LogP contribution in [0.2, 0.25) is 0 Å². The maximum Gasteiger partial charge on any atom is 0.135 e. The molecule has 0 amide bonds. The zero-order valence-corrected chi connectivity index (χ0v) is 17.2. The first kappa shape index (κ1) is 18.9. The number of anilines is 1. The van der Waals surface area contributed by atoms with E-state index in [1.807, 2.05) is 49.8 Å². The molecule has 0 aliphatic rings. The monoisotopic (exact) mass is 403 g/mol. The van der Waals surface area contributed by atoms with Gasteiger partial charge in [-0.15, -0.1) is 0 Å². The van der Waals surface area contributed by atoms with E-state index in [4.69, 9.17) is 0 Å². The molecule has 1 N–H and O–H groups in total. The van der Waals surface area contributed by atoms with Gasteiger partial charge in [-0.05, 0) is 65.4 Å². The lowest BCUT2D eigenvalue weighted by Gasteiger charge is -2.10. The van der Waals surface area contributed by atoms with Crippen LogP contribution in [0, 0.1) is 6.92 Å². The Balaban J connectivity index is 1.35. The predicted octanol–water partition coefficient (Wildman–Crippen LogP) is 5.67.